The summed E-state index contributed by atoms with van der Waals surface area (Å²) in [4.78, 5) is 23.7. The van der Waals surface area contributed by atoms with Crippen LogP contribution in [-0.2, 0) is 11.2 Å². The molecule has 0 aliphatic heterocycles. The highest BCUT2D eigenvalue weighted by atomic mass is 127. The Morgan fingerprint density at radius 1 is 1.14 bits per heavy atom. The fourth-order valence-corrected chi connectivity index (χ4v) is 2.56. The van der Waals surface area contributed by atoms with E-state index in [1.54, 1.807) is 0 Å². The highest BCUT2D eigenvalue weighted by Gasteiger charge is 2.20. The van der Waals surface area contributed by atoms with E-state index in [4.69, 9.17) is 5.73 Å². The smallest absolute Gasteiger partial charge is 0.251 e. The van der Waals surface area contributed by atoms with Gasteiger partial charge in [-0.05, 0) is 58.5 Å². The number of benzene rings is 2. The Labute approximate surface area is 141 Å². The van der Waals surface area contributed by atoms with Crippen molar-refractivity contribution in [3.8, 4) is 0 Å². The van der Waals surface area contributed by atoms with Crippen LogP contribution in [0.4, 0.5) is 4.39 Å². The van der Waals surface area contributed by atoms with Crippen LogP contribution in [0.1, 0.15) is 15.9 Å². The summed E-state index contributed by atoms with van der Waals surface area (Å²) in [5.41, 5.74) is 6.57. The van der Waals surface area contributed by atoms with Crippen LogP contribution in [-0.4, -0.2) is 17.9 Å². The van der Waals surface area contributed by atoms with Crippen LogP contribution in [0.3, 0.4) is 0 Å². The number of halogens is 2. The minimum Gasteiger partial charge on any atom is -0.368 e. The monoisotopic (exact) mass is 412 g/mol. The SMILES string of the molecule is NC(=O)[C@H](Cc1ccccc1I)NC(=O)c1ccc(F)cc1. The van der Waals surface area contributed by atoms with Crippen molar-refractivity contribution in [3.05, 3.63) is 69.0 Å². The van der Waals surface area contributed by atoms with Crippen molar-refractivity contribution in [2.45, 2.75) is 12.5 Å². The minimum atomic E-state index is -0.825. The third kappa shape index (κ3) is 4.27. The summed E-state index contributed by atoms with van der Waals surface area (Å²) in [6.07, 6.45) is 0.307. The van der Waals surface area contributed by atoms with E-state index in [1.165, 1.54) is 24.3 Å². The van der Waals surface area contributed by atoms with Crippen molar-refractivity contribution >= 4 is 34.4 Å². The predicted octanol–water partition coefficient (Wildman–Crippen LogP) is 2.26. The number of primary amides is 1. The molecule has 114 valence electrons. The van der Waals surface area contributed by atoms with E-state index in [2.05, 4.69) is 27.9 Å². The van der Waals surface area contributed by atoms with E-state index >= 15 is 0 Å². The lowest BCUT2D eigenvalue weighted by Gasteiger charge is -2.16. The maximum atomic E-state index is 12.9. The predicted molar refractivity (Wildman–Crippen MR) is 89.7 cm³/mol. The maximum absolute atomic E-state index is 12.9. The summed E-state index contributed by atoms with van der Waals surface area (Å²) in [5, 5.41) is 2.59. The van der Waals surface area contributed by atoms with Gasteiger partial charge < -0.3 is 11.1 Å². The van der Waals surface area contributed by atoms with Crippen molar-refractivity contribution in [3.63, 3.8) is 0 Å². The average molecular weight is 412 g/mol. The number of carbonyl (C=O) groups excluding carboxylic acids is 2. The normalized spacial score (nSPS) is 11.7. The summed E-state index contributed by atoms with van der Waals surface area (Å²) in [5.74, 6) is -1.51. The zero-order valence-electron chi connectivity index (χ0n) is 11.6. The van der Waals surface area contributed by atoms with E-state index in [-0.39, 0.29) is 5.56 Å². The molecule has 0 unspecified atom stereocenters. The largest absolute Gasteiger partial charge is 0.368 e. The summed E-state index contributed by atoms with van der Waals surface area (Å²) in [6, 6.07) is 11.8. The van der Waals surface area contributed by atoms with Crippen molar-refractivity contribution in [1.29, 1.82) is 0 Å². The van der Waals surface area contributed by atoms with Gasteiger partial charge in [-0.2, -0.15) is 0 Å². The Morgan fingerprint density at radius 2 is 1.77 bits per heavy atom. The van der Waals surface area contributed by atoms with Gasteiger partial charge in [-0.25, -0.2) is 4.39 Å². The summed E-state index contributed by atoms with van der Waals surface area (Å²) >= 11 is 2.16. The molecular formula is C16H14FIN2O2. The topological polar surface area (TPSA) is 72.2 Å². The van der Waals surface area contributed by atoms with Crippen LogP contribution in [0.15, 0.2) is 48.5 Å². The summed E-state index contributed by atoms with van der Waals surface area (Å²) < 4.78 is 13.9. The number of amides is 2. The second kappa shape index (κ2) is 7.35. The van der Waals surface area contributed by atoms with Gasteiger partial charge >= 0.3 is 0 Å². The fourth-order valence-electron chi connectivity index (χ4n) is 1.95. The van der Waals surface area contributed by atoms with Gasteiger partial charge in [0.05, 0.1) is 0 Å². The third-order valence-electron chi connectivity index (χ3n) is 3.14. The first-order valence-electron chi connectivity index (χ1n) is 6.56. The van der Waals surface area contributed by atoms with E-state index in [9.17, 15) is 14.0 Å². The molecule has 0 heterocycles. The second-order valence-corrected chi connectivity index (χ2v) is 5.89. The Hall–Kier alpha value is -1.96. The molecule has 0 saturated heterocycles. The lowest BCUT2D eigenvalue weighted by Crippen LogP contribution is -2.46. The lowest BCUT2D eigenvalue weighted by atomic mass is 10.0. The lowest BCUT2D eigenvalue weighted by molar-refractivity contribution is -0.119. The van der Waals surface area contributed by atoms with Crippen LogP contribution in [0.2, 0.25) is 0 Å². The van der Waals surface area contributed by atoms with Crippen molar-refractivity contribution in [1.82, 2.24) is 5.32 Å². The van der Waals surface area contributed by atoms with Crippen molar-refractivity contribution < 1.29 is 14.0 Å². The molecule has 2 aromatic carbocycles. The Kier molecular flexibility index (Phi) is 5.48. The van der Waals surface area contributed by atoms with Gasteiger partial charge in [-0.1, -0.05) is 18.2 Å². The van der Waals surface area contributed by atoms with Crippen LogP contribution >= 0.6 is 22.6 Å². The molecule has 0 aliphatic carbocycles. The second-order valence-electron chi connectivity index (χ2n) is 4.73. The summed E-state index contributed by atoms with van der Waals surface area (Å²) in [6.45, 7) is 0. The van der Waals surface area contributed by atoms with E-state index < -0.39 is 23.7 Å². The molecule has 1 atom stereocenters. The van der Waals surface area contributed by atoms with Crippen LogP contribution in [0.25, 0.3) is 0 Å². The maximum Gasteiger partial charge on any atom is 0.251 e. The van der Waals surface area contributed by atoms with Gasteiger partial charge in [-0.15, -0.1) is 0 Å². The zero-order chi connectivity index (χ0) is 16.1. The molecule has 0 aromatic heterocycles. The Bertz CT molecular complexity index is 689. The highest BCUT2D eigenvalue weighted by Crippen LogP contribution is 2.14. The van der Waals surface area contributed by atoms with E-state index in [0.717, 1.165) is 9.13 Å². The Balaban J connectivity index is 2.12. The molecule has 4 nitrogen and oxygen atoms in total. The zero-order valence-corrected chi connectivity index (χ0v) is 13.7. The van der Waals surface area contributed by atoms with Crippen LogP contribution in [0.5, 0.6) is 0 Å². The van der Waals surface area contributed by atoms with Crippen molar-refractivity contribution in [2.75, 3.05) is 0 Å². The molecule has 6 heteroatoms. The van der Waals surface area contributed by atoms with Crippen molar-refractivity contribution in [2.24, 2.45) is 5.73 Å². The molecule has 0 spiro atoms. The van der Waals surface area contributed by atoms with E-state index in [0.29, 0.717) is 6.42 Å². The first-order chi connectivity index (χ1) is 10.5. The number of hydrogen-bond donors (Lipinski definition) is 2. The number of carbonyl (C=O) groups is 2. The highest BCUT2D eigenvalue weighted by molar-refractivity contribution is 14.1. The molecule has 2 amide bonds. The quantitative estimate of drug-likeness (QED) is 0.740. The first-order valence-corrected chi connectivity index (χ1v) is 7.64. The number of rotatable bonds is 5. The average Bonchev–Trinajstić information content (AvgIpc) is 2.49. The number of nitrogens with two attached hydrogens (primary N) is 1. The molecule has 0 aliphatic rings. The molecule has 22 heavy (non-hydrogen) atoms. The van der Waals surface area contributed by atoms with Gasteiger partial charge in [0.1, 0.15) is 11.9 Å². The molecule has 3 N–H and O–H groups in total. The van der Waals surface area contributed by atoms with Gasteiger partial charge in [0.25, 0.3) is 5.91 Å². The molecule has 0 fully saturated rings. The first kappa shape index (κ1) is 16.4. The van der Waals surface area contributed by atoms with E-state index in [1.807, 2.05) is 24.3 Å². The minimum absolute atomic E-state index is 0.274. The van der Waals surface area contributed by atoms with Gasteiger partial charge in [-0.3, -0.25) is 9.59 Å². The van der Waals surface area contributed by atoms with Gasteiger partial charge in [0, 0.05) is 15.6 Å². The van der Waals surface area contributed by atoms with Gasteiger partial charge in [0.15, 0.2) is 0 Å². The molecule has 0 saturated carbocycles. The summed E-state index contributed by atoms with van der Waals surface area (Å²) in [7, 11) is 0. The fraction of sp³-hybridized carbons (Fsp3) is 0.125. The third-order valence-corrected chi connectivity index (χ3v) is 4.19. The molecular weight excluding hydrogens is 398 g/mol. The van der Waals surface area contributed by atoms with Crippen LogP contribution in [0, 0.1) is 9.39 Å². The number of nitrogens with one attached hydrogen (secondary N) is 1. The standard InChI is InChI=1S/C16H14FIN2O2/c17-12-7-5-10(6-8-12)16(22)20-14(15(19)21)9-11-3-1-2-4-13(11)18/h1-8,14H,9H2,(H2,19,21)(H,20,22)/t14-/m0/s1. The number of hydrogen-bond acceptors (Lipinski definition) is 2. The molecule has 0 radical (unpaired) electrons. The van der Waals surface area contributed by atoms with Crippen LogP contribution < -0.4 is 11.1 Å². The molecule has 2 rings (SSSR count). The molecule has 0 bridgehead atoms. The molecule has 2 aromatic rings. The Morgan fingerprint density at radius 3 is 2.36 bits per heavy atom. The van der Waals surface area contributed by atoms with Gasteiger partial charge in [0.2, 0.25) is 5.91 Å².